The molecule has 168 valence electrons. The third kappa shape index (κ3) is 3.33. The van der Waals surface area contributed by atoms with E-state index in [4.69, 9.17) is 27.1 Å². The molecule has 0 fully saturated rings. The van der Waals surface area contributed by atoms with Crippen LogP contribution in [0.3, 0.4) is 0 Å². The number of carbonyl (C=O) groups is 1. The number of anilines is 1. The lowest BCUT2D eigenvalue weighted by Gasteiger charge is -2.20. The lowest BCUT2D eigenvalue weighted by molar-refractivity contribution is 0.104. The number of ketones is 1. The highest BCUT2D eigenvalue weighted by Crippen LogP contribution is 2.47. The first-order chi connectivity index (χ1) is 16.5. The van der Waals surface area contributed by atoms with E-state index in [-0.39, 0.29) is 5.78 Å². The van der Waals surface area contributed by atoms with Crippen molar-refractivity contribution in [1.29, 1.82) is 0 Å². The van der Waals surface area contributed by atoms with Crippen LogP contribution in [0.25, 0.3) is 32.6 Å². The van der Waals surface area contributed by atoms with Crippen molar-refractivity contribution < 1.29 is 9.53 Å². The van der Waals surface area contributed by atoms with Gasteiger partial charge < -0.3 is 10.5 Å². The standard InChI is InChI=1S/C27H19ClN2O2S2/c1-32-17-8-4-15(5-9-17)25(31)26-23(29)22-21(14-2-6-16(28)7-3-14)19-10-11-20-18(12-13-33-20)24(19)30-27(22)34-26/h2-9,12-13H,10-11,29H2,1H3. The van der Waals surface area contributed by atoms with Crippen LogP contribution in [0.5, 0.6) is 5.75 Å². The van der Waals surface area contributed by atoms with Gasteiger partial charge in [-0.15, -0.1) is 22.7 Å². The molecule has 0 saturated heterocycles. The summed E-state index contributed by atoms with van der Waals surface area (Å²) in [6.07, 6.45) is 1.84. The Balaban J connectivity index is 1.61. The maximum Gasteiger partial charge on any atom is 0.205 e. The Bertz CT molecular complexity index is 1570. The number of hydrogen-bond donors (Lipinski definition) is 1. The number of nitrogen functional groups attached to an aromatic ring is 1. The van der Waals surface area contributed by atoms with Crippen molar-refractivity contribution in [3.8, 4) is 28.1 Å². The summed E-state index contributed by atoms with van der Waals surface area (Å²) in [6.45, 7) is 0. The number of rotatable bonds is 4. The van der Waals surface area contributed by atoms with E-state index in [0.29, 0.717) is 26.9 Å². The van der Waals surface area contributed by atoms with Crippen LogP contribution in [-0.4, -0.2) is 17.9 Å². The molecule has 0 aliphatic heterocycles. The maximum absolute atomic E-state index is 13.5. The number of hydrogen-bond acceptors (Lipinski definition) is 6. The predicted octanol–water partition coefficient (Wildman–Crippen LogP) is 7.27. The Morgan fingerprint density at radius 2 is 1.82 bits per heavy atom. The Hall–Kier alpha value is -3.19. The molecule has 0 unspecified atom stereocenters. The van der Waals surface area contributed by atoms with Crippen molar-refractivity contribution in [2.75, 3.05) is 12.8 Å². The SMILES string of the molecule is COc1ccc(C(=O)c2sc3nc4c(c(-c5ccc(Cl)cc5)c3c2N)CCc2sccc2-4)cc1. The Morgan fingerprint density at radius 1 is 1.06 bits per heavy atom. The average molecular weight is 503 g/mol. The first-order valence-electron chi connectivity index (χ1n) is 10.8. The number of nitrogens with zero attached hydrogens (tertiary/aromatic N) is 1. The average Bonchev–Trinajstić information content (AvgIpc) is 3.48. The van der Waals surface area contributed by atoms with Gasteiger partial charge in [-0.05, 0) is 77.4 Å². The van der Waals surface area contributed by atoms with Crippen LogP contribution in [0.2, 0.25) is 5.02 Å². The van der Waals surface area contributed by atoms with Crippen LogP contribution in [0.15, 0.2) is 60.0 Å². The van der Waals surface area contributed by atoms with E-state index in [1.54, 1.807) is 42.7 Å². The second-order valence-corrected chi connectivity index (χ2v) is 10.6. The van der Waals surface area contributed by atoms with Crippen molar-refractivity contribution >= 4 is 56.0 Å². The molecule has 5 aromatic rings. The van der Waals surface area contributed by atoms with Gasteiger partial charge in [-0.3, -0.25) is 4.79 Å². The molecular weight excluding hydrogens is 484 g/mol. The largest absolute Gasteiger partial charge is 0.497 e. The second-order valence-electron chi connectivity index (χ2n) is 8.16. The highest BCUT2D eigenvalue weighted by atomic mass is 35.5. The van der Waals surface area contributed by atoms with E-state index >= 15 is 0 Å². The maximum atomic E-state index is 13.5. The molecule has 0 spiro atoms. The van der Waals surface area contributed by atoms with Crippen LogP contribution in [0, 0.1) is 0 Å². The zero-order chi connectivity index (χ0) is 23.4. The van der Waals surface area contributed by atoms with Crippen LogP contribution in [0.4, 0.5) is 5.69 Å². The molecule has 0 radical (unpaired) electrons. The Morgan fingerprint density at radius 3 is 2.56 bits per heavy atom. The molecule has 3 heterocycles. The van der Waals surface area contributed by atoms with Gasteiger partial charge in [-0.2, -0.15) is 0 Å². The van der Waals surface area contributed by atoms with Gasteiger partial charge in [0, 0.05) is 26.4 Å². The molecule has 0 bridgehead atoms. The molecule has 6 rings (SSSR count). The zero-order valence-corrected chi connectivity index (χ0v) is 20.6. The van der Waals surface area contributed by atoms with Gasteiger partial charge >= 0.3 is 0 Å². The summed E-state index contributed by atoms with van der Waals surface area (Å²) in [7, 11) is 1.60. The van der Waals surface area contributed by atoms with Crippen LogP contribution in [0.1, 0.15) is 25.7 Å². The quantitative estimate of drug-likeness (QED) is 0.262. The molecule has 0 amide bonds. The van der Waals surface area contributed by atoms with E-state index < -0.39 is 0 Å². The van der Waals surface area contributed by atoms with Crippen molar-refractivity contribution in [3.63, 3.8) is 0 Å². The van der Waals surface area contributed by atoms with Gasteiger partial charge in [0.05, 0.1) is 18.5 Å². The summed E-state index contributed by atoms with van der Waals surface area (Å²) in [6, 6.07) is 17.0. The van der Waals surface area contributed by atoms with Crippen molar-refractivity contribution in [1.82, 2.24) is 4.98 Å². The molecule has 0 saturated carbocycles. The lowest BCUT2D eigenvalue weighted by atomic mass is 9.87. The minimum absolute atomic E-state index is 0.112. The van der Waals surface area contributed by atoms with E-state index in [0.717, 1.165) is 39.9 Å². The topological polar surface area (TPSA) is 65.2 Å². The van der Waals surface area contributed by atoms with Crippen LogP contribution in [-0.2, 0) is 12.8 Å². The van der Waals surface area contributed by atoms with Gasteiger partial charge in [-0.25, -0.2) is 4.98 Å². The van der Waals surface area contributed by atoms with Crippen molar-refractivity contribution in [2.45, 2.75) is 12.8 Å². The number of aromatic nitrogens is 1. The summed E-state index contributed by atoms with van der Waals surface area (Å²) in [5.41, 5.74) is 13.2. The molecule has 34 heavy (non-hydrogen) atoms. The lowest BCUT2D eigenvalue weighted by Crippen LogP contribution is -2.06. The smallest absolute Gasteiger partial charge is 0.205 e. The molecule has 2 aromatic carbocycles. The van der Waals surface area contributed by atoms with Crippen molar-refractivity contribution in [3.05, 3.63) is 85.9 Å². The molecule has 4 nitrogen and oxygen atoms in total. The number of fused-ring (bicyclic) bond motifs is 4. The highest BCUT2D eigenvalue weighted by molar-refractivity contribution is 7.21. The van der Waals surface area contributed by atoms with Gasteiger partial charge in [0.2, 0.25) is 5.78 Å². The predicted molar refractivity (Wildman–Crippen MR) is 142 cm³/mol. The van der Waals surface area contributed by atoms with E-state index in [9.17, 15) is 4.79 Å². The third-order valence-corrected chi connectivity index (χ3v) is 8.60. The molecule has 7 heteroatoms. The fourth-order valence-electron chi connectivity index (χ4n) is 4.62. The Kier molecular flexibility index (Phi) is 5.17. The van der Waals surface area contributed by atoms with Crippen molar-refractivity contribution in [2.24, 2.45) is 0 Å². The molecule has 3 aromatic heterocycles. The van der Waals surface area contributed by atoms with E-state index in [1.165, 1.54) is 27.3 Å². The van der Waals surface area contributed by atoms with E-state index in [2.05, 4.69) is 11.4 Å². The minimum atomic E-state index is -0.112. The molecular formula is C27H19ClN2O2S2. The number of benzene rings is 2. The number of halogens is 1. The number of aryl methyl sites for hydroxylation is 1. The summed E-state index contributed by atoms with van der Waals surface area (Å²) in [5, 5.41) is 3.65. The fourth-order valence-corrected chi connectivity index (χ4v) is 6.69. The van der Waals surface area contributed by atoms with Gasteiger partial charge in [0.25, 0.3) is 0 Å². The zero-order valence-electron chi connectivity index (χ0n) is 18.2. The summed E-state index contributed by atoms with van der Waals surface area (Å²) >= 11 is 9.32. The minimum Gasteiger partial charge on any atom is -0.497 e. The van der Waals surface area contributed by atoms with E-state index in [1.807, 2.05) is 24.3 Å². The first-order valence-corrected chi connectivity index (χ1v) is 12.9. The summed E-state index contributed by atoms with van der Waals surface area (Å²) in [4.78, 5) is 21.2. The number of methoxy groups -OCH3 is 1. The normalized spacial score (nSPS) is 12.4. The van der Waals surface area contributed by atoms with Gasteiger partial charge in [-0.1, -0.05) is 23.7 Å². The summed E-state index contributed by atoms with van der Waals surface area (Å²) in [5.74, 6) is 0.589. The molecule has 2 N–H and O–H groups in total. The molecule has 0 atom stereocenters. The van der Waals surface area contributed by atoms with Crippen LogP contribution >= 0.6 is 34.3 Å². The Labute approximate surface area is 209 Å². The highest BCUT2D eigenvalue weighted by Gasteiger charge is 2.28. The molecule has 1 aliphatic rings. The molecule has 1 aliphatic carbocycles. The number of thiophene rings is 2. The van der Waals surface area contributed by atoms with Gasteiger partial charge in [0.15, 0.2) is 0 Å². The number of ether oxygens (including phenoxy) is 1. The van der Waals surface area contributed by atoms with Crippen LogP contribution < -0.4 is 10.5 Å². The second kappa shape index (κ2) is 8.24. The fraction of sp³-hybridized carbons (Fsp3) is 0.111. The third-order valence-electron chi connectivity index (χ3n) is 6.27. The monoisotopic (exact) mass is 502 g/mol. The first kappa shape index (κ1) is 21.4. The number of carbonyl (C=O) groups excluding carboxylic acids is 1. The number of pyridine rings is 1. The van der Waals surface area contributed by atoms with Gasteiger partial charge in [0.1, 0.15) is 15.5 Å². The number of nitrogens with two attached hydrogens (primary N) is 1. The summed E-state index contributed by atoms with van der Waals surface area (Å²) < 4.78 is 5.23.